The van der Waals surface area contributed by atoms with Crippen molar-refractivity contribution in [3.8, 4) is 5.75 Å². The topological polar surface area (TPSA) is 47.6 Å². The van der Waals surface area contributed by atoms with Crippen LogP contribution in [0.5, 0.6) is 5.75 Å². The minimum Gasteiger partial charge on any atom is -0.496 e. The van der Waals surface area contributed by atoms with Crippen molar-refractivity contribution in [2.24, 2.45) is 0 Å². The molecule has 0 amide bonds. The summed E-state index contributed by atoms with van der Waals surface area (Å²) in [6.45, 7) is 3.66. The van der Waals surface area contributed by atoms with Gasteiger partial charge in [0.1, 0.15) is 5.75 Å². The number of carbonyl (C=O) groups excluding carboxylic acids is 1. The minimum absolute atomic E-state index is 0.0571. The third kappa shape index (κ3) is 4.17. The summed E-state index contributed by atoms with van der Waals surface area (Å²) in [5.41, 5.74) is 2.78. The predicted octanol–water partition coefficient (Wildman–Crippen LogP) is 4.46. The summed E-state index contributed by atoms with van der Waals surface area (Å²) in [4.78, 5) is 11.7. The van der Waals surface area contributed by atoms with E-state index in [1.165, 1.54) is 5.56 Å². The molecule has 1 fully saturated rings. The first-order chi connectivity index (χ1) is 12.5. The molecular weight excluding hydrogens is 394 g/mol. The molecule has 1 aliphatic rings. The number of benzene rings is 2. The summed E-state index contributed by atoms with van der Waals surface area (Å²) in [5.74, 6) is 0.848. The van der Waals surface area contributed by atoms with Gasteiger partial charge in [-0.2, -0.15) is 0 Å². The predicted molar refractivity (Wildman–Crippen MR) is 106 cm³/mol. The van der Waals surface area contributed by atoms with Crippen molar-refractivity contribution in [1.82, 2.24) is 5.32 Å². The highest BCUT2D eigenvalue weighted by molar-refractivity contribution is 9.10. The molecule has 0 saturated carbocycles. The van der Waals surface area contributed by atoms with Crippen LogP contribution >= 0.6 is 15.9 Å². The first-order valence-corrected chi connectivity index (χ1v) is 9.60. The molecule has 0 unspecified atom stereocenters. The second-order valence-corrected chi connectivity index (χ2v) is 7.56. The molecule has 1 heterocycles. The van der Waals surface area contributed by atoms with E-state index in [0.29, 0.717) is 12.1 Å². The number of ketones is 1. The highest BCUT2D eigenvalue weighted by Gasteiger charge is 2.34. The molecule has 1 N–H and O–H groups in total. The molecule has 0 atom stereocenters. The van der Waals surface area contributed by atoms with Crippen molar-refractivity contribution in [3.63, 3.8) is 0 Å². The third-order valence-electron chi connectivity index (χ3n) is 5.03. The maximum Gasteiger partial charge on any atom is 0.159 e. The Labute approximate surface area is 163 Å². The molecule has 4 nitrogen and oxygen atoms in total. The Bertz CT molecular complexity index is 785. The fourth-order valence-corrected chi connectivity index (χ4v) is 3.87. The van der Waals surface area contributed by atoms with Crippen LogP contribution in [0.15, 0.2) is 46.9 Å². The van der Waals surface area contributed by atoms with Gasteiger partial charge >= 0.3 is 0 Å². The van der Waals surface area contributed by atoms with Crippen molar-refractivity contribution < 1.29 is 14.3 Å². The number of nitrogens with one attached hydrogen (secondary N) is 1. The van der Waals surface area contributed by atoms with Gasteiger partial charge < -0.3 is 14.8 Å². The molecule has 2 aromatic carbocycles. The first-order valence-electron chi connectivity index (χ1n) is 8.81. The molecule has 138 valence electrons. The van der Waals surface area contributed by atoms with Gasteiger partial charge in [0, 0.05) is 40.9 Å². The van der Waals surface area contributed by atoms with Crippen LogP contribution in [-0.2, 0) is 16.8 Å². The average Bonchev–Trinajstić information content (AvgIpc) is 2.67. The van der Waals surface area contributed by atoms with Crippen LogP contribution in [0.1, 0.15) is 41.3 Å². The number of ether oxygens (including phenoxy) is 2. The highest BCUT2D eigenvalue weighted by atomic mass is 79.9. The second-order valence-electron chi connectivity index (χ2n) is 6.64. The molecule has 5 heteroatoms. The number of Topliss-reactive ketones (excluding diaryl/α,β-unsaturated/α-hetero) is 1. The molecule has 3 rings (SSSR count). The van der Waals surface area contributed by atoms with Crippen molar-refractivity contribution >= 4 is 21.7 Å². The maximum absolute atomic E-state index is 11.7. The summed E-state index contributed by atoms with van der Waals surface area (Å²) >= 11 is 3.58. The van der Waals surface area contributed by atoms with Gasteiger partial charge in [-0.15, -0.1) is 0 Å². The SMILES string of the molecule is COc1ccc(C(C)=O)cc1CNC1(c2cccc(Br)c2)CCOCC1. The molecule has 1 aliphatic heterocycles. The van der Waals surface area contributed by atoms with Crippen molar-refractivity contribution in [2.75, 3.05) is 20.3 Å². The van der Waals surface area contributed by atoms with Gasteiger partial charge in [0.05, 0.1) is 7.11 Å². The van der Waals surface area contributed by atoms with E-state index in [9.17, 15) is 4.79 Å². The fraction of sp³-hybridized carbons (Fsp3) is 0.381. The van der Waals surface area contributed by atoms with Gasteiger partial charge in [0.15, 0.2) is 5.78 Å². The number of halogens is 1. The minimum atomic E-state index is -0.154. The Morgan fingerprint density at radius 1 is 1.23 bits per heavy atom. The highest BCUT2D eigenvalue weighted by Crippen LogP contribution is 2.34. The zero-order chi connectivity index (χ0) is 18.6. The van der Waals surface area contributed by atoms with Gasteiger partial charge in [-0.05, 0) is 55.7 Å². The smallest absolute Gasteiger partial charge is 0.159 e. The standard InChI is InChI=1S/C21H24BrNO3/c1-15(24)16-6-7-20(25-2)17(12-16)14-23-21(8-10-26-11-9-21)18-4-3-5-19(22)13-18/h3-7,12-13,23H,8-11,14H2,1-2H3. The van der Waals surface area contributed by atoms with Gasteiger partial charge in [-0.1, -0.05) is 28.1 Å². The van der Waals surface area contributed by atoms with Gasteiger partial charge in [-0.3, -0.25) is 4.79 Å². The van der Waals surface area contributed by atoms with Crippen LogP contribution in [-0.4, -0.2) is 26.1 Å². The lowest BCUT2D eigenvalue weighted by Crippen LogP contribution is -2.46. The lowest BCUT2D eigenvalue weighted by Gasteiger charge is -2.39. The number of carbonyl (C=O) groups is 1. The van der Waals surface area contributed by atoms with Crippen LogP contribution < -0.4 is 10.1 Å². The van der Waals surface area contributed by atoms with Crippen LogP contribution in [0, 0.1) is 0 Å². The Balaban J connectivity index is 1.89. The molecule has 0 radical (unpaired) electrons. The van der Waals surface area contributed by atoms with E-state index < -0.39 is 0 Å². The van der Waals surface area contributed by atoms with E-state index in [-0.39, 0.29) is 11.3 Å². The molecule has 0 bridgehead atoms. The van der Waals surface area contributed by atoms with E-state index in [0.717, 1.165) is 41.8 Å². The zero-order valence-corrected chi connectivity index (χ0v) is 16.8. The summed E-state index contributed by atoms with van der Waals surface area (Å²) < 4.78 is 12.2. The van der Waals surface area contributed by atoms with E-state index in [4.69, 9.17) is 9.47 Å². The Morgan fingerprint density at radius 2 is 2.00 bits per heavy atom. The summed E-state index contributed by atoms with van der Waals surface area (Å²) in [6.07, 6.45) is 1.80. The normalized spacial score (nSPS) is 16.3. The van der Waals surface area contributed by atoms with Crippen LogP contribution in [0.3, 0.4) is 0 Å². The Kier molecular flexibility index (Phi) is 6.12. The van der Waals surface area contributed by atoms with Gasteiger partial charge in [-0.25, -0.2) is 0 Å². The summed E-state index contributed by atoms with van der Waals surface area (Å²) in [5, 5.41) is 3.74. The van der Waals surface area contributed by atoms with E-state index >= 15 is 0 Å². The fourth-order valence-electron chi connectivity index (χ4n) is 3.47. The van der Waals surface area contributed by atoms with Gasteiger partial charge in [0.25, 0.3) is 0 Å². The molecular formula is C21H24BrNO3. The molecule has 2 aromatic rings. The number of hydrogen-bond acceptors (Lipinski definition) is 4. The lowest BCUT2D eigenvalue weighted by atomic mass is 9.82. The zero-order valence-electron chi connectivity index (χ0n) is 15.2. The summed E-state index contributed by atoms with van der Waals surface area (Å²) in [6, 6.07) is 14.0. The van der Waals surface area contributed by atoms with Crippen molar-refractivity contribution in [3.05, 3.63) is 63.6 Å². The Hall–Kier alpha value is -1.69. The molecule has 0 spiro atoms. The van der Waals surface area contributed by atoms with E-state index in [1.54, 1.807) is 14.0 Å². The number of rotatable bonds is 6. The Morgan fingerprint density at radius 3 is 2.65 bits per heavy atom. The number of hydrogen-bond donors (Lipinski definition) is 1. The average molecular weight is 418 g/mol. The molecule has 0 aliphatic carbocycles. The number of methoxy groups -OCH3 is 1. The van der Waals surface area contributed by atoms with E-state index in [2.05, 4.69) is 39.4 Å². The lowest BCUT2D eigenvalue weighted by molar-refractivity contribution is 0.0357. The maximum atomic E-state index is 11.7. The van der Waals surface area contributed by atoms with Crippen LogP contribution in [0.4, 0.5) is 0 Å². The van der Waals surface area contributed by atoms with Gasteiger partial charge in [0.2, 0.25) is 0 Å². The third-order valence-corrected chi connectivity index (χ3v) is 5.52. The second kappa shape index (κ2) is 8.33. The monoisotopic (exact) mass is 417 g/mol. The summed E-state index contributed by atoms with van der Waals surface area (Å²) in [7, 11) is 1.66. The quantitative estimate of drug-likeness (QED) is 0.704. The molecule has 1 saturated heterocycles. The van der Waals surface area contributed by atoms with Crippen molar-refractivity contribution in [2.45, 2.75) is 31.8 Å². The largest absolute Gasteiger partial charge is 0.496 e. The van der Waals surface area contributed by atoms with Crippen LogP contribution in [0.25, 0.3) is 0 Å². The molecule has 26 heavy (non-hydrogen) atoms. The first kappa shape index (κ1) is 19.1. The van der Waals surface area contributed by atoms with Crippen molar-refractivity contribution in [1.29, 1.82) is 0 Å². The van der Waals surface area contributed by atoms with Crippen LogP contribution in [0.2, 0.25) is 0 Å². The van der Waals surface area contributed by atoms with E-state index in [1.807, 2.05) is 24.3 Å². The molecule has 0 aromatic heterocycles.